The number of hydrogen-bond donors (Lipinski definition) is 1. The van der Waals surface area contributed by atoms with E-state index in [0.717, 1.165) is 23.4 Å². The molecule has 1 aromatic heterocycles. The third kappa shape index (κ3) is 3.61. The summed E-state index contributed by atoms with van der Waals surface area (Å²) in [6, 6.07) is 5.78. The van der Waals surface area contributed by atoms with Gasteiger partial charge in [0.15, 0.2) is 0 Å². The Morgan fingerprint density at radius 2 is 1.92 bits per heavy atom. The molecule has 0 fully saturated rings. The molecular formula is C17H23FN4O2S. The summed E-state index contributed by atoms with van der Waals surface area (Å²) in [7, 11) is -0.557. The van der Waals surface area contributed by atoms with Gasteiger partial charge in [-0.25, -0.2) is 9.07 Å². The first kappa shape index (κ1) is 18.0. The lowest BCUT2D eigenvalue weighted by Crippen LogP contribution is -2.41. The van der Waals surface area contributed by atoms with Gasteiger partial charge >= 0.3 is 0 Å². The van der Waals surface area contributed by atoms with Gasteiger partial charge in [-0.3, -0.25) is 0 Å². The van der Waals surface area contributed by atoms with E-state index in [1.165, 1.54) is 30.5 Å². The van der Waals surface area contributed by atoms with Crippen LogP contribution in [0.15, 0.2) is 30.5 Å². The van der Waals surface area contributed by atoms with Crippen LogP contribution in [0.5, 0.6) is 0 Å². The Morgan fingerprint density at radius 3 is 2.52 bits per heavy atom. The molecule has 0 saturated heterocycles. The minimum absolute atomic E-state index is 0.0929. The summed E-state index contributed by atoms with van der Waals surface area (Å²) in [4.78, 5) is 0. The summed E-state index contributed by atoms with van der Waals surface area (Å²) in [5.74, 6) is -0.304. The molecule has 25 heavy (non-hydrogen) atoms. The molecular weight excluding hydrogens is 343 g/mol. The van der Waals surface area contributed by atoms with Crippen molar-refractivity contribution in [1.82, 2.24) is 18.8 Å². The van der Waals surface area contributed by atoms with Gasteiger partial charge in [0.2, 0.25) is 0 Å². The second-order valence-corrected chi connectivity index (χ2v) is 9.35. The molecule has 0 saturated carbocycles. The molecule has 0 radical (unpaired) electrons. The van der Waals surface area contributed by atoms with Crippen molar-refractivity contribution < 1.29 is 12.8 Å². The van der Waals surface area contributed by atoms with Crippen LogP contribution >= 0.6 is 0 Å². The molecule has 8 heteroatoms. The topological polar surface area (TPSA) is 67.2 Å². The number of nitrogens with zero attached hydrogens (tertiary/aromatic N) is 3. The molecule has 0 spiro atoms. The van der Waals surface area contributed by atoms with Gasteiger partial charge in [-0.1, -0.05) is 13.8 Å². The van der Waals surface area contributed by atoms with Crippen molar-refractivity contribution in [2.45, 2.75) is 32.7 Å². The first-order valence-electron chi connectivity index (χ1n) is 8.12. The smallest absolute Gasteiger partial charge is 0.237 e. The Morgan fingerprint density at radius 1 is 1.28 bits per heavy atom. The van der Waals surface area contributed by atoms with Gasteiger partial charge in [-0.05, 0) is 42.5 Å². The Balaban J connectivity index is 2.03. The van der Waals surface area contributed by atoms with Crippen LogP contribution in [0.1, 0.15) is 37.6 Å². The fourth-order valence-corrected chi connectivity index (χ4v) is 4.02. The lowest BCUT2D eigenvalue weighted by molar-refractivity contribution is 0.267. The Bertz CT molecular complexity index is 873. The quantitative estimate of drug-likeness (QED) is 0.904. The van der Waals surface area contributed by atoms with E-state index in [1.807, 2.05) is 0 Å². The maximum absolute atomic E-state index is 13.2. The molecule has 3 rings (SSSR count). The van der Waals surface area contributed by atoms with Crippen LogP contribution in [0.25, 0.3) is 5.69 Å². The van der Waals surface area contributed by atoms with Crippen LogP contribution in [0.4, 0.5) is 4.39 Å². The van der Waals surface area contributed by atoms with Crippen molar-refractivity contribution in [2.24, 2.45) is 5.41 Å². The second-order valence-electron chi connectivity index (χ2n) is 7.44. The molecule has 1 aliphatic rings. The molecule has 6 nitrogen and oxygen atoms in total. The lowest BCUT2D eigenvalue weighted by Gasteiger charge is -2.36. The standard InChI is InChI=1S/C17H23FN4O2S/c1-17(2)9-15(20-25(23,24)21(3)4)14-11-19-22(16(14)10-17)13-7-5-12(18)6-8-13/h5-8,11,15,20H,9-10H2,1-4H3/t15-/m0/s1. The van der Waals surface area contributed by atoms with Gasteiger partial charge in [0.25, 0.3) is 10.2 Å². The average molecular weight is 366 g/mol. The second kappa shape index (κ2) is 6.19. The van der Waals surface area contributed by atoms with E-state index in [9.17, 15) is 12.8 Å². The van der Waals surface area contributed by atoms with E-state index in [1.54, 1.807) is 23.0 Å². The maximum atomic E-state index is 13.2. The average Bonchev–Trinajstić information content (AvgIpc) is 2.90. The molecule has 1 atom stereocenters. The van der Waals surface area contributed by atoms with Gasteiger partial charge < -0.3 is 0 Å². The Labute approximate surface area is 147 Å². The van der Waals surface area contributed by atoms with E-state index < -0.39 is 10.2 Å². The van der Waals surface area contributed by atoms with Gasteiger partial charge in [0.1, 0.15) is 5.82 Å². The number of aromatic nitrogens is 2. The Hall–Kier alpha value is -1.77. The highest BCUT2D eigenvalue weighted by Crippen LogP contribution is 2.41. The van der Waals surface area contributed by atoms with Crippen LogP contribution < -0.4 is 4.72 Å². The molecule has 0 unspecified atom stereocenters. The molecule has 2 aromatic rings. The van der Waals surface area contributed by atoms with Gasteiger partial charge in [0, 0.05) is 25.4 Å². The minimum Gasteiger partial charge on any atom is -0.237 e. The molecule has 0 aliphatic heterocycles. The summed E-state index contributed by atoms with van der Waals surface area (Å²) < 4.78 is 43.5. The van der Waals surface area contributed by atoms with Gasteiger partial charge in [-0.2, -0.15) is 22.5 Å². The number of nitrogens with one attached hydrogen (secondary N) is 1. The van der Waals surface area contributed by atoms with Crippen molar-refractivity contribution in [2.75, 3.05) is 14.1 Å². The molecule has 1 aliphatic carbocycles. The third-order valence-electron chi connectivity index (χ3n) is 4.52. The summed E-state index contributed by atoms with van der Waals surface area (Å²) >= 11 is 0. The first-order chi connectivity index (χ1) is 11.6. The monoisotopic (exact) mass is 366 g/mol. The predicted octanol–water partition coefficient (Wildman–Crippen LogP) is 2.42. The van der Waals surface area contributed by atoms with Crippen molar-refractivity contribution in [3.63, 3.8) is 0 Å². The summed E-state index contributed by atoms with van der Waals surface area (Å²) in [5.41, 5.74) is 2.49. The fraction of sp³-hybridized carbons (Fsp3) is 0.471. The minimum atomic E-state index is -3.56. The molecule has 1 aromatic carbocycles. The molecule has 1 N–H and O–H groups in total. The number of benzene rings is 1. The highest BCUT2D eigenvalue weighted by atomic mass is 32.2. The number of rotatable bonds is 4. The zero-order chi connectivity index (χ0) is 18.4. The van der Waals surface area contributed by atoms with Crippen LogP contribution in [0.3, 0.4) is 0 Å². The van der Waals surface area contributed by atoms with Crippen LogP contribution in [0.2, 0.25) is 0 Å². The summed E-state index contributed by atoms with van der Waals surface area (Å²) in [6.07, 6.45) is 3.15. The molecule has 0 amide bonds. The fourth-order valence-electron chi connectivity index (χ4n) is 3.24. The predicted molar refractivity (Wildman–Crippen MR) is 94.1 cm³/mol. The highest BCUT2D eigenvalue weighted by Gasteiger charge is 2.37. The first-order valence-corrected chi connectivity index (χ1v) is 9.56. The lowest BCUT2D eigenvalue weighted by atomic mass is 9.74. The molecule has 136 valence electrons. The van der Waals surface area contributed by atoms with E-state index in [-0.39, 0.29) is 17.3 Å². The van der Waals surface area contributed by atoms with Gasteiger partial charge in [0.05, 0.1) is 17.9 Å². The van der Waals surface area contributed by atoms with Crippen LogP contribution in [0, 0.1) is 11.2 Å². The number of halogens is 1. The van der Waals surface area contributed by atoms with Crippen LogP contribution in [-0.4, -0.2) is 36.6 Å². The van der Waals surface area contributed by atoms with Crippen LogP contribution in [-0.2, 0) is 16.6 Å². The number of fused-ring (bicyclic) bond motifs is 1. The van der Waals surface area contributed by atoms with Crippen molar-refractivity contribution in [3.8, 4) is 5.69 Å². The highest BCUT2D eigenvalue weighted by molar-refractivity contribution is 7.87. The largest absolute Gasteiger partial charge is 0.279 e. The zero-order valence-corrected chi connectivity index (χ0v) is 15.6. The van der Waals surface area contributed by atoms with E-state index in [4.69, 9.17) is 0 Å². The SMILES string of the molecule is CN(C)S(=O)(=O)N[C@H]1CC(C)(C)Cc2c1cnn2-c1ccc(F)cc1. The van der Waals surface area contributed by atoms with Crippen molar-refractivity contribution >= 4 is 10.2 Å². The normalized spacial score (nSPS) is 19.8. The number of hydrogen-bond acceptors (Lipinski definition) is 3. The van der Waals surface area contributed by atoms with E-state index >= 15 is 0 Å². The third-order valence-corrected chi connectivity index (χ3v) is 6.07. The van der Waals surface area contributed by atoms with E-state index in [0.29, 0.717) is 6.42 Å². The summed E-state index contributed by atoms with van der Waals surface area (Å²) in [6.45, 7) is 4.21. The Kier molecular flexibility index (Phi) is 4.47. The molecule has 1 heterocycles. The zero-order valence-electron chi connectivity index (χ0n) is 14.8. The van der Waals surface area contributed by atoms with Gasteiger partial charge in [-0.15, -0.1) is 0 Å². The summed E-state index contributed by atoms with van der Waals surface area (Å²) in [5, 5.41) is 4.43. The maximum Gasteiger partial charge on any atom is 0.279 e. The van der Waals surface area contributed by atoms with Crippen molar-refractivity contribution in [3.05, 3.63) is 47.5 Å². The molecule has 0 bridgehead atoms. The van der Waals surface area contributed by atoms with E-state index in [2.05, 4.69) is 23.7 Å². The van der Waals surface area contributed by atoms with Crippen molar-refractivity contribution in [1.29, 1.82) is 0 Å².